The van der Waals surface area contributed by atoms with Crippen molar-refractivity contribution in [2.45, 2.75) is 26.4 Å². The van der Waals surface area contributed by atoms with Gasteiger partial charge in [0.25, 0.3) is 0 Å². The van der Waals surface area contributed by atoms with Gasteiger partial charge in [-0.15, -0.1) is 0 Å². The predicted octanol–water partition coefficient (Wildman–Crippen LogP) is -0.111. The maximum absolute atomic E-state index is 10.8. The zero-order valence-electron chi connectivity index (χ0n) is 6.88. The number of carbonyl (C=O) groups excluding carboxylic acids is 2. The third kappa shape index (κ3) is 2.31. The van der Waals surface area contributed by atoms with Gasteiger partial charge in [-0.2, -0.15) is 0 Å². The van der Waals surface area contributed by atoms with Gasteiger partial charge in [0, 0.05) is 0 Å². The van der Waals surface area contributed by atoms with E-state index in [1.165, 1.54) is 0 Å². The van der Waals surface area contributed by atoms with Crippen LogP contribution < -0.4 is 0 Å². The highest BCUT2D eigenvalue weighted by Gasteiger charge is 2.36. The Hall–Kier alpha value is -0.900. The van der Waals surface area contributed by atoms with Crippen LogP contribution in [-0.2, 0) is 14.3 Å². The summed E-state index contributed by atoms with van der Waals surface area (Å²) in [7, 11) is 0. The Bertz CT molecular complexity index is 171. The summed E-state index contributed by atoms with van der Waals surface area (Å²) in [6.07, 6.45) is 0. The number of hydrogen-bond acceptors (Lipinski definition) is 4. The average Bonchev–Trinajstić information content (AvgIpc) is 1.88. The van der Waals surface area contributed by atoms with Gasteiger partial charge in [-0.3, -0.25) is 4.79 Å². The molecule has 0 saturated carbocycles. The van der Waals surface area contributed by atoms with Gasteiger partial charge in [0.05, 0.1) is 6.61 Å². The summed E-state index contributed by atoms with van der Waals surface area (Å²) < 4.78 is 4.46. The third-order valence-electron chi connectivity index (χ3n) is 1.36. The third-order valence-corrected chi connectivity index (χ3v) is 1.36. The molecule has 0 amide bonds. The summed E-state index contributed by atoms with van der Waals surface area (Å²) in [6, 6.07) is 0. The van der Waals surface area contributed by atoms with Gasteiger partial charge in [0.15, 0.2) is 5.78 Å². The molecule has 0 spiro atoms. The molecule has 11 heavy (non-hydrogen) atoms. The fourth-order valence-electron chi connectivity index (χ4n) is 0.415. The Morgan fingerprint density at radius 2 is 2.00 bits per heavy atom. The Labute approximate surface area is 65.2 Å². The minimum absolute atomic E-state index is 0.155. The fourth-order valence-corrected chi connectivity index (χ4v) is 0.415. The second kappa shape index (κ2) is 3.48. The van der Waals surface area contributed by atoms with Crippen molar-refractivity contribution in [3.63, 3.8) is 0 Å². The van der Waals surface area contributed by atoms with Crippen LogP contribution in [0.5, 0.6) is 0 Å². The van der Waals surface area contributed by atoms with Crippen molar-refractivity contribution in [3.05, 3.63) is 0 Å². The van der Waals surface area contributed by atoms with E-state index in [1.807, 2.05) is 0 Å². The normalized spacial score (nSPS) is 15.3. The van der Waals surface area contributed by atoms with Crippen molar-refractivity contribution in [2.75, 3.05) is 6.61 Å². The molecule has 0 aliphatic heterocycles. The van der Waals surface area contributed by atoms with Gasteiger partial charge in [-0.1, -0.05) is 0 Å². The lowest BCUT2D eigenvalue weighted by Crippen LogP contribution is -2.43. The number of hydrogen-bond donors (Lipinski definition) is 1. The number of Topliss-reactive ketones (excluding diaryl/α,β-unsaturated/α-hetero) is 1. The van der Waals surface area contributed by atoms with Crippen molar-refractivity contribution in [2.24, 2.45) is 0 Å². The number of carbonyl (C=O) groups is 2. The van der Waals surface area contributed by atoms with Crippen LogP contribution in [0.2, 0.25) is 0 Å². The van der Waals surface area contributed by atoms with Crippen LogP contribution in [0.3, 0.4) is 0 Å². The van der Waals surface area contributed by atoms with Gasteiger partial charge >= 0.3 is 5.97 Å². The van der Waals surface area contributed by atoms with Crippen molar-refractivity contribution in [1.82, 2.24) is 0 Å². The minimum Gasteiger partial charge on any atom is -0.464 e. The molecule has 0 aliphatic carbocycles. The summed E-state index contributed by atoms with van der Waals surface area (Å²) in [5.74, 6) is -1.51. The van der Waals surface area contributed by atoms with Crippen LogP contribution in [0.1, 0.15) is 20.8 Å². The molecule has 0 heterocycles. The first kappa shape index (κ1) is 10.1. The number of ketones is 1. The second-order valence-electron chi connectivity index (χ2n) is 2.35. The first-order valence-corrected chi connectivity index (χ1v) is 3.33. The topological polar surface area (TPSA) is 63.6 Å². The molecular formula is C7H12O4. The monoisotopic (exact) mass is 161 g/mol. The van der Waals surface area contributed by atoms with E-state index in [2.05, 4.69) is 4.74 Å². The van der Waals surface area contributed by atoms with Crippen LogP contribution in [-0.4, -0.2) is 29.1 Å². The highest BCUT2D eigenvalue weighted by atomic mass is 16.6. The summed E-state index contributed by atoms with van der Waals surface area (Å²) in [5.41, 5.74) is -1.99. The summed E-state index contributed by atoms with van der Waals surface area (Å²) >= 11 is 0. The summed E-state index contributed by atoms with van der Waals surface area (Å²) in [4.78, 5) is 21.4. The molecular weight excluding hydrogens is 149 g/mol. The van der Waals surface area contributed by atoms with Crippen LogP contribution in [0.4, 0.5) is 0 Å². The minimum atomic E-state index is -1.99. The van der Waals surface area contributed by atoms with Crippen molar-refractivity contribution in [3.8, 4) is 0 Å². The van der Waals surface area contributed by atoms with E-state index in [-0.39, 0.29) is 6.61 Å². The van der Waals surface area contributed by atoms with Gasteiger partial charge in [-0.05, 0) is 20.8 Å². The van der Waals surface area contributed by atoms with Crippen molar-refractivity contribution < 1.29 is 19.4 Å². The Kier molecular flexibility index (Phi) is 3.19. The maximum Gasteiger partial charge on any atom is 0.345 e. The molecule has 1 N–H and O–H groups in total. The van der Waals surface area contributed by atoms with Crippen LogP contribution in [0.25, 0.3) is 0 Å². The zero-order valence-corrected chi connectivity index (χ0v) is 6.88. The SMILES string of the molecule is CCOC(=O)C([13CH3])(O)C(C)=O. The molecule has 0 saturated heterocycles. The van der Waals surface area contributed by atoms with Crippen LogP contribution in [0.15, 0.2) is 0 Å². The van der Waals surface area contributed by atoms with Crippen molar-refractivity contribution in [1.29, 1.82) is 0 Å². The molecule has 64 valence electrons. The first-order valence-electron chi connectivity index (χ1n) is 3.33. The van der Waals surface area contributed by atoms with Crippen LogP contribution in [0, 0.1) is 0 Å². The van der Waals surface area contributed by atoms with E-state index in [0.717, 1.165) is 13.8 Å². The van der Waals surface area contributed by atoms with E-state index in [0.29, 0.717) is 0 Å². The Morgan fingerprint density at radius 3 is 2.27 bits per heavy atom. The van der Waals surface area contributed by atoms with Gasteiger partial charge in [0.1, 0.15) is 0 Å². The number of ether oxygens (including phenoxy) is 1. The van der Waals surface area contributed by atoms with E-state index in [1.54, 1.807) is 6.92 Å². The smallest absolute Gasteiger partial charge is 0.345 e. The number of aliphatic hydroxyl groups is 1. The Balaban J connectivity index is 4.30. The molecule has 4 heteroatoms. The van der Waals surface area contributed by atoms with E-state index >= 15 is 0 Å². The highest BCUT2D eigenvalue weighted by molar-refractivity contribution is 6.05. The lowest BCUT2D eigenvalue weighted by molar-refractivity contribution is -0.167. The maximum atomic E-state index is 10.8. The molecule has 0 aromatic heterocycles. The number of rotatable bonds is 3. The lowest BCUT2D eigenvalue weighted by atomic mass is 10.1. The van der Waals surface area contributed by atoms with Gasteiger partial charge in [0.2, 0.25) is 5.60 Å². The standard InChI is InChI=1S/C7H12O4/c1-4-11-6(9)7(3,10)5(2)8/h10H,4H2,1-3H3/i3+1. The average molecular weight is 161 g/mol. The Morgan fingerprint density at radius 1 is 1.55 bits per heavy atom. The van der Waals surface area contributed by atoms with Gasteiger partial charge < -0.3 is 9.84 Å². The van der Waals surface area contributed by atoms with E-state index in [4.69, 9.17) is 5.11 Å². The zero-order chi connectivity index (χ0) is 9.07. The second-order valence-corrected chi connectivity index (χ2v) is 2.35. The molecule has 0 aliphatic rings. The van der Waals surface area contributed by atoms with Gasteiger partial charge in [-0.25, -0.2) is 4.79 Å². The predicted molar refractivity (Wildman–Crippen MR) is 37.9 cm³/mol. The van der Waals surface area contributed by atoms with Crippen LogP contribution >= 0.6 is 0 Å². The highest BCUT2D eigenvalue weighted by Crippen LogP contribution is 2.06. The quantitative estimate of drug-likeness (QED) is 0.356. The molecule has 0 radical (unpaired) electrons. The molecule has 0 aromatic rings. The van der Waals surface area contributed by atoms with E-state index in [9.17, 15) is 9.59 Å². The summed E-state index contributed by atoms with van der Waals surface area (Å²) in [6.45, 7) is 4.01. The molecule has 0 aromatic carbocycles. The summed E-state index contributed by atoms with van der Waals surface area (Å²) in [5, 5.41) is 9.17. The molecule has 1 atom stereocenters. The van der Waals surface area contributed by atoms with Crippen molar-refractivity contribution >= 4 is 11.8 Å². The molecule has 1 unspecified atom stereocenters. The fraction of sp³-hybridized carbons (Fsp3) is 0.714. The molecule has 0 bridgehead atoms. The largest absolute Gasteiger partial charge is 0.464 e. The molecule has 4 nitrogen and oxygen atoms in total. The number of esters is 1. The first-order chi connectivity index (χ1) is 4.92. The lowest BCUT2D eigenvalue weighted by Gasteiger charge is -2.16. The molecule has 0 fully saturated rings. The molecule has 0 rings (SSSR count). The van der Waals surface area contributed by atoms with E-state index < -0.39 is 17.4 Å².